The SMILES string of the molecule is COc1ccc(N2C(=O)C3CCCCC3(Cl)C2=O)cc1. The number of ether oxygens (including phenoxy) is 1. The monoisotopic (exact) mass is 293 g/mol. The molecule has 2 amide bonds. The molecular weight excluding hydrogens is 278 g/mol. The fourth-order valence-electron chi connectivity index (χ4n) is 3.13. The van der Waals surface area contributed by atoms with Crippen LogP contribution >= 0.6 is 11.6 Å². The number of nitrogens with zero attached hydrogens (tertiary/aromatic N) is 1. The van der Waals surface area contributed by atoms with Crippen molar-refractivity contribution >= 4 is 29.1 Å². The number of imide groups is 1. The second-order valence-electron chi connectivity index (χ2n) is 5.34. The second-order valence-corrected chi connectivity index (χ2v) is 6.01. The van der Waals surface area contributed by atoms with Crippen LogP contribution in [0.3, 0.4) is 0 Å². The number of hydrogen-bond acceptors (Lipinski definition) is 3. The van der Waals surface area contributed by atoms with Gasteiger partial charge in [-0.3, -0.25) is 9.59 Å². The highest BCUT2D eigenvalue weighted by atomic mass is 35.5. The highest BCUT2D eigenvalue weighted by Gasteiger charge is 2.59. The van der Waals surface area contributed by atoms with E-state index in [0.29, 0.717) is 24.3 Å². The Kier molecular flexibility index (Phi) is 3.21. The van der Waals surface area contributed by atoms with Crippen molar-refractivity contribution in [1.29, 1.82) is 0 Å². The largest absolute Gasteiger partial charge is 0.497 e. The summed E-state index contributed by atoms with van der Waals surface area (Å²) in [4.78, 5) is 25.3. The number of methoxy groups -OCH3 is 1. The molecule has 1 aromatic carbocycles. The summed E-state index contributed by atoms with van der Waals surface area (Å²) < 4.78 is 5.09. The number of hydrogen-bond donors (Lipinski definition) is 0. The zero-order valence-corrected chi connectivity index (χ0v) is 12.0. The van der Waals surface area contributed by atoms with E-state index in [4.69, 9.17) is 16.3 Å². The maximum Gasteiger partial charge on any atom is 0.255 e. The van der Waals surface area contributed by atoms with Gasteiger partial charge in [0.2, 0.25) is 5.91 Å². The number of carbonyl (C=O) groups excluding carboxylic acids is 2. The molecule has 0 N–H and O–H groups in total. The summed E-state index contributed by atoms with van der Waals surface area (Å²) in [5.41, 5.74) is 0.565. The fourth-order valence-corrected chi connectivity index (χ4v) is 3.55. The van der Waals surface area contributed by atoms with Crippen LogP contribution in [0.25, 0.3) is 0 Å². The summed E-state index contributed by atoms with van der Waals surface area (Å²) in [6, 6.07) is 6.90. The predicted molar refractivity (Wildman–Crippen MR) is 76.0 cm³/mol. The Hall–Kier alpha value is -1.55. The van der Waals surface area contributed by atoms with E-state index in [-0.39, 0.29) is 17.7 Å². The maximum atomic E-state index is 12.6. The van der Waals surface area contributed by atoms with Crippen LogP contribution in [-0.4, -0.2) is 23.8 Å². The Balaban J connectivity index is 1.97. The lowest BCUT2D eigenvalue weighted by Gasteiger charge is -2.28. The van der Waals surface area contributed by atoms with Crippen molar-refractivity contribution in [3.05, 3.63) is 24.3 Å². The topological polar surface area (TPSA) is 46.6 Å². The zero-order valence-electron chi connectivity index (χ0n) is 11.3. The Bertz CT molecular complexity index is 557. The van der Waals surface area contributed by atoms with Crippen LogP contribution in [0.15, 0.2) is 24.3 Å². The van der Waals surface area contributed by atoms with Crippen LogP contribution in [0.2, 0.25) is 0 Å². The minimum Gasteiger partial charge on any atom is -0.497 e. The van der Waals surface area contributed by atoms with Crippen molar-refractivity contribution < 1.29 is 14.3 Å². The Labute approximate surface area is 122 Å². The summed E-state index contributed by atoms with van der Waals surface area (Å²) in [7, 11) is 1.57. The van der Waals surface area contributed by atoms with E-state index in [1.807, 2.05) is 0 Å². The normalized spacial score (nSPS) is 29.5. The molecule has 1 aliphatic heterocycles. The molecule has 1 heterocycles. The number of fused-ring (bicyclic) bond motifs is 1. The maximum absolute atomic E-state index is 12.6. The van der Waals surface area contributed by atoms with E-state index in [1.165, 1.54) is 4.90 Å². The molecular formula is C15H16ClNO3. The van der Waals surface area contributed by atoms with Crippen molar-refractivity contribution in [1.82, 2.24) is 0 Å². The molecule has 4 nitrogen and oxygen atoms in total. The van der Waals surface area contributed by atoms with Crippen molar-refractivity contribution in [2.45, 2.75) is 30.6 Å². The Morgan fingerprint density at radius 2 is 1.95 bits per heavy atom. The van der Waals surface area contributed by atoms with E-state index < -0.39 is 4.87 Å². The van der Waals surface area contributed by atoms with Gasteiger partial charge in [0.15, 0.2) is 0 Å². The summed E-state index contributed by atoms with van der Waals surface area (Å²) in [5.74, 6) is -0.146. The average molecular weight is 294 g/mol. The average Bonchev–Trinajstić information content (AvgIpc) is 2.67. The smallest absolute Gasteiger partial charge is 0.255 e. The number of amides is 2. The molecule has 1 aliphatic carbocycles. The Morgan fingerprint density at radius 1 is 1.25 bits per heavy atom. The quantitative estimate of drug-likeness (QED) is 0.622. The first-order valence-electron chi connectivity index (χ1n) is 6.79. The zero-order chi connectivity index (χ0) is 14.3. The van der Waals surface area contributed by atoms with Crippen LogP contribution in [0.5, 0.6) is 5.75 Å². The fraction of sp³-hybridized carbons (Fsp3) is 0.467. The van der Waals surface area contributed by atoms with Gasteiger partial charge >= 0.3 is 0 Å². The van der Waals surface area contributed by atoms with Crippen LogP contribution in [-0.2, 0) is 9.59 Å². The van der Waals surface area contributed by atoms with Gasteiger partial charge in [-0.1, -0.05) is 12.8 Å². The number of benzene rings is 1. The third-order valence-corrected chi connectivity index (χ3v) is 4.86. The van der Waals surface area contributed by atoms with Gasteiger partial charge in [0.05, 0.1) is 18.7 Å². The van der Waals surface area contributed by atoms with Crippen molar-refractivity contribution in [3.8, 4) is 5.75 Å². The first-order valence-corrected chi connectivity index (χ1v) is 7.17. The number of rotatable bonds is 2. The van der Waals surface area contributed by atoms with E-state index in [1.54, 1.807) is 31.4 Å². The number of carbonyl (C=O) groups is 2. The lowest BCUT2D eigenvalue weighted by atomic mass is 9.80. The molecule has 1 saturated carbocycles. The molecule has 106 valence electrons. The van der Waals surface area contributed by atoms with Crippen LogP contribution in [0, 0.1) is 5.92 Å². The molecule has 2 unspecified atom stereocenters. The van der Waals surface area contributed by atoms with Gasteiger partial charge in [-0.15, -0.1) is 11.6 Å². The molecule has 3 rings (SSSR count). The van der Waals surface area contributed by atoms with Gasteiger partial charge in [0.25, 0.3) is 5.91 Å². The minimum absolute atomic E-state index is 0.171. The molecule has 2 fully saturated rings. The molecule has 0 aromatic heterocycles. The standard InChI is InChI=1S/C15H16ClNO3/c1-20-11-7-5-10(6-8-11)17-13(18)12-4-2-3-9-15(12,16)14(17)19/h5-8,12H,2-4,9H2,1H3. The molecule has 0 spiro atoms. The third kappa shape index (κ3) is 1.82. The molecule has 2 aliphatic rings. The molecule has 5 heteroatoms. The van der Waals surface area contributed by atoms with E-state index >= 15 is 0 Å². The van der Waals surface area contributed by atoms with Crippen LogP contribution < -0.4 is 9.64 Å². The first kappa shape index (κ1) is 13.4. The lowest BCUT2D eigenvalue weighted by molar-refractivity contribution is -0.122. The summed E-state index contributed by atoms with van der Waals surface area (Å²) in [5, 5.41) is 0. The van der Waals surface area contributed by atoms with Crippen LogP contribution in [0.1, 0.15) is 25.7 Å². The van der Waals surface area contributed by atoms with Crippen molar-refractivity contribution in [2.75, 3.05) is 12.0 Å². The number of anilines is 1. The van der Waals surface area contributed by atoms with Gasteiger partial charge < -0.3 is 4.74 Å². The van der Waals surface area contributed by atoms with Gasteiger partial charge in [-0.2, -0.15) is 0 Å². The van der Waals surface area contributed by atoms with Gasteiger partial charge in [0, 0.05) is 0 Å². The second kappa shape index (κ2) is 4.77. The van der Waals surface area contributed by atoms with Crippen molar-refractivity contribution in [2.24, 2.45) is 5.92 Å². The van der Waals surface area contributed by atoms with Gasteiger partial charge in [-0.05, 0) is 37.1 Å². The summed E-state index contributed by atoms with van der Waals surface area (Å²) >= 11 is 6.48. The number of halogens is 1. The summed E-state index contributed by atoms with van der Waals surface area (Å²) in [6.07, 6.45) is 3.13. The molecule has 1 aromatic rings. The summed E-state index contributed by atoms with van der Waals surface area (Å²) in [6.45, 7) is 0. The molecule has 20 heavy (non-hydrogen) atoms. The number of alkyl halides is 1. The molecule has 2 atom stereocenters. The van der Waals surface area contributed by atoms with Crippen LogP contribution in [0.4, 0.5) is 5.69 Å². The third-order valence-electron chi connectivity index (χ3n) is 4.24. The Morgan fingerprint density at radius 3 is 2.55 bits per heavy atom. The molecule has 0 radical (unpaired) electrons. The molecule has 1 saturated heterocycles. The highest BCUT2D eigenvalue weighted by molar-refractivity contribution is 6.45. The molecule has 0 bridgehead atoms. The van der Waals surface area contributed by atoms with Gasteiger partial charge in [-0.25, -0.2) is 4.90 Å². The van der Waals surface area contributed by atoms with Gasteiger partial charge in [0.1, 0.15) is 10.6 Å². The van der Waals surface area contributed by atoms with Crippen molar-refractivity contribution in [3.63, 3.8) is 0 Å². The highest BCUT2D eigenvalue weighted by Crippen LogP contribution is 2.47. The van der Waals surface area contributed by atoms with E-state index in [9.17, 15) is 9.59 Å². The first-order chi connectivity index (χ1) is 9.58. The predicted octanol–water partition coefficient (Wildman–Crippen LogP) is 2.74. The van der Waals surface area contributed by atoms with E-state index in [2.05, 4.69) is 0 Å². The van der Waals surface area contributed by atoms with E-state index in [0.717, 1.165) is 12.8 Å². The lowest BCUT2D eigenvalue weighted by Crippen LogP contribution is -2.39. The minimum atomic E-state index is -1.03.